The second-order valence-electron chi connectivity index (χ2n) is 5.82. The quantitative estimate of drug-likeness (QED) is 0.723. The van der Waals surface area contributed by atoms with Gasteiger partial charge in [-0.25, -0.2) is 4.99 Å². The van der Waals surface area contributed by atoms with E-state index in [-0.39, 0.29) is 22.4 Å². The highest BCUT2D eigenvalue weighted by Crippen LogP contribution is 2.33. The van der Waals surface area contributed by atoms with Crippen molar-refractivity contribution >= 4 is 40.5 Å². The number of benzene rings is 2. The molecule has 3 rings (SSSR count). The molecule has 0 bridgehead atoms. The Balaban J connectivity index is 1.83. The van der Waals surface area contributed by atoms with Crippen molar-refractivity contribution < 1.29 is 27.5 Å². The van der Waals surface area contributed by atoms with Crippen molar-refractivity contribution in [3.63, 3.8) is 0 Å². The Morgan fingerprint density at radius 3 is 2.69 bits per heavy atom. The minimum atomic E-state index is -4.48. The molecular weight excluding hydrogens is 407 g/mol. The van der Waals surface area contributed by atoms with E-state index < -0.39 is 23.6 Å². The molecule has 10 heteroatoms. The minimum Gasteiger partial charge on any atom is -0.483 e. The third kappa shape index (κ3) is 5.38. The maximum atomic E-state index is 12.8. The van der Waals surface area contributed by atoms with Gasteiger partial charge in [-0.2, -0.15) is 13.2 Å². The van der Waals surface area contributed by atoms with Gasteiger partial charge < -0.3 is 15.8 Å². The van der Waals surface area contributed by atoms with Gasteiger partial charge >= 0.3 is 6.18 Å². The molecule has 1 heterocycles. The molecule has 0 radical (unpaired) electrons. The molecule has 0 unspecified atom stereocenters. The van der Waals surface area contributed by atoms with Gasteiger partial charge in [0.2, 0.25) is 0 Å². The van der Waals surface area contributed by atoms with E-state index in [1.807, 2.05) is 0 Å². The van der Waals surface area contributed by atoms with Crippen LogP contribution in [-0.2, 0) is 15.8 Å². The number of nitrogens with two attached hydrogens (primary N) is 1. The summed E-state index contributed by atoms with van der Waals surface area (Å²) < 4.78 is 43.8. The summed E-state index contributed by atoms with van der Waals surface area (Å²) in [5.74, 6) is -0.739. The number of rotatable bonds is 5. The normalized spacial score (nSPS) is 16.9. The van der Waals surface area contributed by atoms with Crippen LogP contribution in [0, 0.1) is 0 Å². The van der Waals surface area contributed by atoms with E-state index in [0.29, 0.717) is 11.3 Å². The minimum absolute atomic E-state index is 0.0640. The summed E-state index contributed by atoms with van der Waals surface area (Å²) >= 11 is 0.977. The van der Waals surface area contributed by atoms with Gasteiger partial charge in [-0.05, 0) is 42.1 Å². The van der Waals surface area contributed by atoms with Crippen LogP contribution in [0.15, 0.2) is 58.4 Å². The van der Waals surface area contributed by atoms with Crippen LogP contribution >= 0.6 is 11.8 Å². The van der Waals surface area contributed by atoms with Crippen molar-refractivity contribution in [2.24, 2.45) is 10.7 Å². The first-order valence-electron chi connectivity index (χ1n) is 8.19. The number of carbonyl (C=O) groups excluding carboxylic acids is 2. The number of ether oxygens (including phenoxy) is 1. The van der Waals surface area contributed by atoms with Gasteiger partial charge in [0.15, 0.2) is 11.8 Å². The first-order valence-corrected chi connectivity index (χ1v) is 9.01. The molecule has 0 aromatic heterocycles. The highest BCUT2D eigenvalue weighted by atomic mass is 32.2. The van der Waals surface area contributed by atoms with Crippen LogP contribution in [0.4, 0.5) is 18.9 Å². The summed E-state index contributed by atoms with van der Waals surface area (Å²) in [4.78, 5) is 27.5. The maximum Gasteiger partial charge on any atom is 0.416 e. The van der Waals surface area contributed by atoms with Gasteiger partial charge in [-0.1, -0.05) is 24.3 Å². The van der Waals surface area contributed by atoms with Crippen molar-refractivity contribution in [1.82, 2.24) is 5.32 Å². The second kappa shape index (κ2) is 8.39. The Morgan fingerprint density at radius 1 is 1.21 bits per heavy atom. The predicted octanol–water partition coefficient (Wildman–Crippen LogP) is 3.46. The fourth-order valence-corrected chi connectivity index (χ4v) is 3.20. The Labute approximate surface area is 167 Å². The zero-order valence-electron chi connectivity index (χ0n) is 14.7. The standard InChI is InChI=1S/C19H14F3N3O3S/c20-19(21,22)12-5-3-6-13(9-12)24-18-25-17(27)15(29-18)8-11-4-1-2-7-14(11)28-10-16(23)26/h1-9H,10H2,(H2,23,26)(H,24,25,27)/b15-8+. The first-order chi connectivity index (χ1) is 13.7. The molecule has 150 valence electrons. The molecule has 3 N–H and O–H groups in total. The van der Waals surface area contributed by atoms with Crippen molar-refractivity contribution in [1.29, 1.82) is 0 Å². The summed E-state index contributed by atoms with van der Waals surface area (Å²) in [7, 11) is 0. The number of amides is 2. The number of nitrogens with zero attached hydrogens (tertiary/aromatic N) is 1. The van der Waals surface area contributed by atoms with E-state index in [4.69, 9.17) is 10.5 Å². The van der Waals surface area contributed by atoms with Crippen LogP contribution in [0.1, 0.15) is 11.1 Å². The van der Waals surface area contributed by atoms with Gasteiger partial charge in [0.05, 0.1) is 16.2 Å². The maximum absolute atomic E-state index is 12.8. The molecule has 0 saturated carbocycles. The van der Waals surface area contributed by atoms with Crippen LogP contribution in [0.5, 0.6) is 5.75 Å². The van der Waals surface area contributed by atoms with Crippen LogP contribution in [0.25, 0.3) is 6.08 Å². The molecule has 2 amide bonds. The number of hydrogen-bond donors (Lipinski definition) is 2. The summed E-state index contributed by atoms with van der Waals surface area (Å²) in [6.45, 7) is -0.318. The molecule has 29 heavy (non-hydrogen) atoms. The monoisotopic (exact) mass is 421 g/mol. The second-order valence-corrected chi connectivity index (χ2v) is 6.85. The number of nitrogens with one attached hydrogen (secondary N) is 1. The number of thioether (sulfide) groups is 1. The Hall–Kier alpha value is -3.27. The van der Waals surface area contributed by atoms with E-state index in [0.717, 1.165) is 23.9 Å². The number of carbonyl (C=O) groups is 2. The number of aliphatic imine (C=N–C) groups is 1. The molecule has 2 aromatic rings. The van der Waals surface area contributed by atoms with Gasteiger partial charge in [0, 0.05) is 5.56 Å². The molecule has 1 fully saturated rings. The SMILES string of the molecule is NC(=O)COc1ccccc1/C=C1/SC(=Nc2cccc(C(F)(F)F)c2)NC1=O. The number of alkyl halides is 3. The van der Waals surface area contributed by atoms with E-state index in [2.05, 4.69) is 10.3 Å². The highest BCUT2D eigenvalue weighted by molar-refractivity contribution is 8.18. The van der Waals surface area contributed by atoms with E-state index in [1.165, 1.54) is 18.2 Å². The lowest BCUT2D eigenvalue weighted by atomic mass is 10.2. The van der Waals surface area contributed by atoms with Gasteiger partial charge in [-0.15, -0.1) is 0 Å². The number of amidine groups is 1. The number of halogens is 3. The number of primary amides is 1. The van der Waals surface area contributed by atoms with E-state index >= 15 is 0 Å². The topological polar surface area (TPSA) is 93.8 Å². The molecule has 1 saturated heterocycles. The lowest BCUT2D eigenvalue weighted by molar-refractivity contribution is -0.137. The van der Waals surface area contributed by atoms with Crippen LogP contribution in [0.2, 0.25) is 0 Å². The summed E-state index contributed by atoms with van der Waals surface area (Å²) in [6.07, 6.45) is -2.95. The molecule has 0 atom stereocenters. The highest BCUT2D eigenvalue weighted by Gasteiger charge is 2.30. The molecular formula is C19H14F3N3O3S. The molecule has 1 aliphatic rings. The summed E-state index contributed by atoms with van der Waals surface area (Å²) in [5.41, 5.74) is 4.84. The summed E-state index contributed by atoms with van der Waals surface area (Å²) in [6, 6.07) is 11.2. The molecule has 0 spiro atoms. The zero-order chi connectivity index (χ0) is 21.0. The van der Waals surface area contributed by atoms with Crippen molar-refractivity contribution in [3.8, 4) is 5.75 Å². The largest absolute Gasteiger partial charge is 0.483 e. The fraction of sp³-hybridized carbons (Fsp3) is 0.105. The molecule has 1 aliphatic heterocycles. The van der Waals surface area contributed by atoms with E-state index in [1.54, 1.807) is 24.3 Å². The Kier molecular flexibility index (Phi) is 5.92. The van der Waals surface area contributed by atoms with Crippen LogP contribution < -0.4 is 15.8 Å². The average molecular weight is 421 g/mol. The molecule has 6 nitrogen and oxygen atoms in total. The molecule has 0 aliphatic carbocycles. The number of hydrogen-bond acceptors (Lipinski definition) is 5. The Morgan fingerprint density at radius 2 is 1.97 bits per heavy atom. The van der Waals surface area contributed by atoms with E-state index in [9.17, 15) is 22.8 Å². The zero-order valence-corrected chi connectivity index (χ0v) is 15.5. The van der Waals surface area contributed by atoms with Gasteiger partial charge in [0.1, 0.15) is 5.75 Å². The first kappa shape index (κ1) is 20.5. The molecule has 2 aromatic carbocycles. The van der Waals surface area contributed by atoms with Gasteiger partial charge in [-0.3, -0.25) is 9.59 Å². The predicted molar refractivity (Wildman–Crippen MR) is 103 cm³/mol. The fourth-order valence-electron chi connectivity index (χ4n) is 2.37. The van der Waals surface area contributed by atoms with Crippen LogP contribution in [-0.4, -0.2) is 23.6 Å². The summed E-state index contributed by atoms with van der Waals surface area (Å²) in [5, 5.41) is 2.66. The lowest BCUT2D eigenvalue weighted by Crippen LogP contribution is -2.20. The van der Waals surface area contributed by atoms with Crippen molar-refractivity contribution in [2.45, 2.75) is 6.18 Å². The van der Waals surface area contributed by atoms with Crippen molar-refractivity contribution in [3.05, 3.63) is 64.6 Å². The third-order valence-electron chi connectivity index (χ3n) is 3.63. The lowest BCUT2D eigenvalue weighted by Gasteiger charge is -2.07. The number of para-hydroxylation sites is 1. The smallest absolute Gasteiger partial charge is 0.416 e. The van der Waals surface area contributed by atoms with Gasteiger partial charge in [0.25, 0.3) is 11.8 Å². The van der Waals surface area contributed by atoms with Crippen LogP contribution in [0.3, 0.4) is 0 Å². The van der Waals surface area contributed by atoms with Crippen molar-refractivity contribution in [2.75, 3.05) is 6.61 Å². The average Bonchev–Trinajstić information content (AvgIpc) is 2.99. The Bertz CT molecular complexity index is 1020. The third-order valence-corrected chi connectivity index (χ3v) is 4.54.